The van der Waals surface area contributed by atoms with Crippen molar-refractivity contribution in [1.82, 2.24) is 0 Å². The first kappa shape index (κ1) is 12.0. The molecular formula is C16H17NO2. The van der Waals surface area contributed by atoms with Gasteiger partial charge in [-0.25, -0.2) is 0 Å². The molecule has 3 rings (SSSR count). The van der Waals surface area contributed by atoms with Crippen molar-refractivity contribution in [2.45, 2.75) is 19.4 Å². The first-order valence-electron chi connectivity index (χ1n) is 6.52. The minimum Gasteiger partial charge on any atom is -0.481 e. The van der Waals surface area contributed by atoms with Gasteiger partial charge >= 0.3 is 5.97 Å². The van der Waals surface area contributed by atoms with Crippen LogP contribution in [-0.2, 0) is 4.79 Å². The molecule has 1 N–H and O–H groups in total. The van der Waals surface area contributed by atoms with Gasteiger partial charge in [-0.3, -0.25) is 4.79 Å². The van der Waals surface area contributed by atoms with Gasteiger partial charge in [0.15, 0.2) is 0 Å². The van der Waals surface area contributed by atoms with Crippen LogP contribution >= 0.6 is 0 Å². The maximum Gasteiger partial charge on any atom is 0.308 e. The van der Waals surface area contributed by atoms with Crippen LogP contribution in [0.1, 0.15) is 12.0 Å². The summed E-state index contributed by atoms with van der Waals surface area (Å²) in [5, 5.41) is 11.4. The summed E-state index contributed by atoms with van der Waals surface area (Å²) in [5.41, 5.74) is 2.34. The molecule has 0 heterocycles. The van der Waals surface area contributed by atoms with Crippen LogP contribution < -0.4 is 4.90 Å². The molecule has 1 fully saturated rings. The highest BCUT2D eigenvalue weighted by Crippen LogP contribution is 2.38. The summed E-state index contributed by atoms with van der Waals surface area (Å²) < 4.78 is 0. The Kier molecular flexibility index (Phi) is 2.70. The van der Waals surface area contributed by atoms with E-state index in [1.165, 1.54) is 16.3 Å². The number of carbonyl (C=O) groups is 1. The average molecular weight is 255 g/mol. The third kappa shape index (κ3) is 2.16. The molecule has 0 amide bonds. The Hall–Kier alpha value is -2.03. The molecule has 1 aliphatic carbocycles. The van der Waals surface area contributed by atoms with Crippen LogP contribution in [0.15, 0.2) is 36.4 Å². The molecule has 19 heavy (non-hydrogen) atoms. The van der Waals surface area contributed by atoms with E-state index in [2.05, 4.69) is 48.2 Å². The van der Waals surface area contributed by atoms with Crippen LogP contribution in [0.3, 0.4) is 0 Å². The first-order chi connectivity index (χ1) is 9.06. The van der Waals surface area contributed by atoms with Gasteiger partial charge in [0.05, 0.1) is 5.92 Å². The summed E-state index contributed by atoms with van der Waals surface area (Å²) in [6, 6.07) is 12.8. The van der Waals surface area contributed by atoms with E-state index in [9.17, 15) is 4.79 Å². The molecule has 2 aromatic rings. The molecule has 3 nitrogen and oxygen atoms in total. The quantitative estimate of drug-likeness (QED) is 0.916. The molecule has 2 atom stereocenters. The fourth-order valence-corrected chi connectivity index (χ4v) is 2.64. The lowest BCUT2D eigenvalue weighted by Crippen LogP contribution is -2.23. The van der Waals surface area contributed by atoms with Crippen molar-refractivity contribution < 1.29 is 9.90 Å². The summed E-state index contributed by atoms with van der Waals surface area (Å²) in [4.78, 5) is 13.0. The maximum absolute atomic E-state index is 10.9. The van der Waals surface area contributed by atoms with Crippen molar-refractivity contribution in [2.24, 2.45) is 5.92 Å². The maximum atomic E-state index is 10.9. The molecule has 0 bridgehead atoms. The van der Waals surface area contributed by atoms with E-state index in [1.807, 2.05) is 7.05 Å². The van der Waals surface area contributed by atoms with Crippen molar-refractivity contribution in [1.29, 1.82) is 0 Å². The van der Waals surface area contributed by atoms with E-state index < -0.39 is 5.97 Å². The van der Waals surface area contributed by atoms with Gasteiger partial charge in [0.1, 0.15) is 0 Å². The predicted molar refractivity (Wildman–Crippen MR) is 76.6 cm³/mol. The zero-order chi connectivity index (χ0) is 13.6. The van der Waals surface area contributed by atoms with Crippen molar-refractivity contribution in [3.05, 3.63) is 42.0 Å². The molecule has 0 saturated heterocycles. The average Bonchev–Trinajstić information content (AvgIpc) is 3.17. The second-order valence-corrected chi connectivity index (χ2v) is 5.39. The van der Waals surface area contributed by atoms with Gasteiger partial charge in [0, 0.05) is 18.8 Å². The normalized spacial score (nSPS) is 21.4. The van der Waals surface area contributed by atoms with Crippen molar-refractivity contribution >= 4 is 22.4 Å². The highest BCUT2D eigenvalue weighted by Gasteiger charge is 2.46. The van der Waals surface area contributed by atoms with Crippen LogP contribution in [-0.4, -0.2) is 24.2 Å². The third-order valence-electron chi connectivity index (χ3n) is 3.96. The minimum atomic E-state index is -0.687. The predicted octanol–water partition coefficient (Wildman–Crippen LogP) is 3.06. The number of fused-ring (bicyclic) bond motifs is 1. The smallest absolute Gasteiger partial charge is 0.308 e. The van der Waals surface area contributed by atoms with E-state index in [-0.39, 0.29) is 12.0 Å². The number of carboxylic acid groups (broad SMARTS) is 1. The molecule has 98 valence electrons. The van der Waals surface area contributed by atoms with Gasteiger partial charge in [-0.2, -0.15) is 0 Å². The Balaban J connectivity index is 1.89. The van der Waals surface area contributed by atoms with E-state index >= 15 is 0 Å². The second-order valence-electron chi connectivity index (χ2n) is 5.39. The van der Waals surface area contributed by atoms with Gasteiger partial charge in [-0.05, 0) is 36.2 Å². The number of hydrogen-bond donors (Lipinski definition) is 1. The zero-order valence-corrected chi connectivity index (χ0v) is 11.1. The number of hydrogen-bond acceptors (Lipinski definition) is 2. The number of aliphatic carboxylic acids is 1. The number of benzene rings is 2. The van der Waals surface area contributed by atoms with Gasteiger partial charge in [0.2, 0.25) is 0 Å². The van der Waals surface area contributed by atoms with Crippen molar-refractivity contribution in [2.75, 3.05) is 11.9 Å². The SMILES string of the molecule is Cc1ccc2cc(N(C)C3CC3C(=O)O)ccc2c1. The van der Waals surface area contributed by atoms with Gasteiger partial charge < -0.3 is 10.0 Å². The van der Waals surface area contributed by atoms with Crippen LogP contribution in [0, 0.1) is 12.8 Å². The van der Waals surface area contributed by atoms with E-state index in [0.29, 0.717) is 0 Å². The van der Waals surface area contributed by atoms with E-state index in [4.69, 9.17) is 5.11 Å². The molecule has 0 aromatic heterocycles. The highest BCUT2D eigenvalue weighted by atomic mass is 16.4. The minimum absolute atomic E-state index is 0.139. The summed E-state index contributed by atoms with van der Waals surface area (Å²) >= 11 is 0. The Labute approximate surface area is 112 Å². The fourth-order valence-electron chi connectivity index (χ4n) is 2.64. The van der Waals surface area contributed by atoms with Crippen LogP contribution in [0.5, 0.6) is 0 Å². The summed E-state index contributed by atoms with van der Waals surface area (Å²) in [5.74, 6) is -0.896. The largest absolute Gasteiger partial charge is 0.481 e. The lowest BCUT2D eigenvalue weighted by atomic mass is 10.1. The van der Waals surface area contributed by atoms with Crippen LogP contribution in [0.2, 0.25) is 0 Å². The molecule has 0 spiro atoms. The fraction of sp³-hybridized carbons (Fsp3) is 0.312. The van der Waals surface area contributed by atoms with Crippen molar-refractivity contribution in [3.63, 3.8) is 0 Å². The number of anilines is 1. The standard InChI is InChI=1S/C16H17NO2/c1-10-3-4-12-8-13(6-5-11(12)7-10)17(2)15-9-14(15)16(18)19/h3-8,14-15H,9H2,1-2H3,(H,18,19). The molecule has 1 aliphatic rings. The number of nitrogens with zero attached hydrogens (tertiary/aromatic N) is 1. The Bertz CT molecular complexity index is 650. The first-order valence-corrected chi connectivity index (χ1v) is 6.52. The molecule has 3 heteroatoms. The molecule has 0 radical (unpaired) electrons. The van der Waals surface area contributed by atoms with Crippen LogP contribution in [0.4, 0.5) is 5.69 Å². The highest BCUT2D eigenvalue weighted by molar-refractivity contribution is 5.87. The van der Waals surface area contributed by atoms with Crippen molar-refractivity contribution in [3.8, 4) is 0 Å². The summed E-state index contributed by atoms with van der Waals surface area (Å²) in [7, 11) is 1.98. The Morgan fingerprint density at radius 2 is 1.89 bits per heavy atom. The van der Waals surface area contributed by atoms with Gasteiger partial charge in [-0.15, -0.1) is 0 Å². The molecule has 0 aliphatic heterocycles. The lowest BCUT2D eigenvalue weighted by Gasteiger charge is -2.19. The summed E-state index contributed by atoms with van der Waals surface area (Å²) in [6.45, 7) is 2.08. The lowest BCUT2D eigenvalue weighted by molar-refractivity contribution is -0.138. The second kappa shape index (κ2) is 4.26. The molecule has 2 aromatic carbocycles. The molecule has 1 saturated carbocycles. The number of aryl methyl sites for hydroxylation is 1. The molecule has 2 unspecified atom stereocenters. The molecular weight excluding hydrogens is 238 g/mol. The third-order valence-corrected chi connectivity index (χ3v) is 3.96. The number of carboxylic acids is 1. The van der Waals surface area contributed by atoms with E-state index in [0.717, 1.165) is 12.1 Å². The topological polar surface area (TPSA) is 40.5 Å². The monoisotopic (exact) mass is 255 g/mol. The van der Waals surface area contributed by atoms with Gasteiger partial charge in [0.25, 0.3) is 0 Å². The van der Waals surface area contributed by atoms with E-state index in [1.54, 1.807) is 0 Å². The van der Waals surface area contributed by atoms with Crippen LogP contribution in [0.25, 0.3) is 10.8 Å². The zero-order valence-electron chi connectivity index (χ0n) is 11.1. The van der Waals surface area contributed by atoms with Gasteiger partial charge in [-0.1, -0.05) is 29.8 Å². The Morgan fingerprint density at radius 3 is 2.58 bits per heavy atom. The number of rotatable bonds is 3. The summed E-state index contributed by atoms with van der Waals surface area (Å²) in [6.07, 6.45) is 0.748. The Morgan fingerprint density at radius 1 is 1.21 bits per heavy atom.